The molecule has 0 amide bonds. The van der Waals surface area contributed by atoms with Crippen LogP contribution in [-0.2, 0) is 19.5 Å². The van der Waals surface area contributed by atoms with Gasteiger partial charge in [-0.3, -0.25) is 4.41 Å². The zero-order chi connectivity index (χ0) is 4.28. The van der Waals surface area contributed by atoms with Crippen LogP contribution in [0.2, 0.25) is 0 Å². The van der Waals surface area contributed by atoms with Crippen molar-refractivity contribution in [3.63, 3.8) is 0 Å². The van der Waals surface area contributed by atoms with Gasteiger partial charge in [-0.2, -0.15) is 12.1 Å². The molecular weight excluding hydrogens is 237 g/mol. The van der Waals surface area contributed by atoms with Gasteiger partial charge in [-0.1, -0.05) is 0 Å². The van der Waals surface area contributed by atoms with E-state index in [0.717, 1.165) is 0 Å². The van der Waals surface area contributed by atoms with Gasteiger partial charge >= 0.3 is 0 Å². The molecule has 0 fully saturated rings. The third-order valence-electron chi connectivity index (χ3n) is 0.115. The molecule has 0 aromatic rings. The summed E-state index contributed by atoms with van der Waals surface area (Å²) in [5.41, 5.74) is 0. The fraction of sp³-hybridized carbons (Fsp3) is 0. The maximum atomic E-state index is 3.95. The standard InChI is InChI=1S/H4NP2SSi.Ru/c2-1-5(3)4;/h2,4H,3H2;. The van der Waals surface area contributed by atoms with Crippen LogP contribution in [0.3, 0.4) is 0 Å². The number of thiol groups is 1. The number of hydrogen-bond donors (Lipinski definition) is 1. The molecule has 0 saturated carbocycles. The quantitative estimate of drug-likeness (QED) is 0.401. The molecule has 1 atom stereocenters. The molecular formula is H4NP2RuSSi. The van der Waals surface area contributed by atoms with E-state index in [1.165, 1.54) is 0 Å². The monoisotopic (exact) mass is 242 g/mol. The van der Waals surface area contributed by atoms with Crippen LogP contribution in [0.5, 0.6) is 0 Å². The first kappa shape index (κ1) is 10.7. The minimum atomic E-state index is -0.724. The van der Waals surface area contributed by atoms with Crippen LogP contribution in [0.4, 0.5) is 0 Å². The van der Waals surface area contributed by atoms with Crippen molar-refractivity contribution in [3.05, 3.63) is 0 Å². The van der Waals surface area contributed by atoms with Crippen LogP contribution in [0.15, 0.2) is 4.41 Å². The zero-order valence-electron chi connectivity index (χ0n) is 2.83. The van der Waals surface area contributed by atoms with E-state index in [2.05, 4.69) is 34.3 Å². The van der Waals surface area contributed by atoms with Crippen LogP contribution in [-0.4, -0.2) is 7.78 Å². The minimum absolute atomic E-state index is 0. The first-order valence-corrected chi connectivity index (χ1v) is 5.95. The molecule has 6 heavy (non-hydrogen) atoms. The summed E-state index contributed by atoms with van der Waals surface area (Å²) in [4.78, 5) is 0. The van der Waals surface area contributed by atoms with Gasteiger partial charge in [0.05, 0.1) is 0 Å². The van der Waals surface area contributed by atoms with E-state index >= 15 is 0 Å². The summed E-state index contributed by atoms with van der Waals surface area (Å²) in [7, 11) is 4.69. The molecule has 1 nitrogen and oxygen atoms in total. The van der Waals surface area contributed by atoms with Gasteiger partial charge in [0.1, 0.15) is 0 Å². The number of nitrogens with zero attached hydrogens (tertiary/aromatic N) is 1. The Hall–Kier alpha value is 1.72. The van der Waals surface area contributed by atoms with E-state index in [1.54, 1.807) is 0 Å². The summed E-state index contributed by atoms with van der Waals surface area (Å²) in [6.45, 7) is 0. The predicted octanol–water partition coefficient (Wildman–Crippen LogP) is 1.10. The SMILES string of the molecule is P=N[Si](P)S.[Ru]. The van der Waals surface area contributed by atoms with Gasteiger partial charge < -0.3 is 0 Å². The van der Waals surface area contributed by atoms with Gasteiger partial charge in [0.2, 0.25) is 0 Å². The minimum Gasteiger partial charge on any atom is -0.290 e. The summed E-state index contributed by atoms with van der Waals surface area (Å²) < 4.78 is 3.62. The summed E-state index contributed by atoms with van der Waals surface area (Å²) in [5, 5.41) is 0. The third-order valence-corrected chi connectivity index (χ3v) is 3.09. The molecule has 0 N–H and O–H groups in total. The van der Waals surface area contributed by atoms with Gasteiger partial charge in [-0.25, -0.2) is 0 Å². The van der Waals surface area contributed by atoms with Crippen LogP contribution < -0.4 is 0 Å². The molecule has 0 heterocycles. The van der Waals surface area contributed by atoms with Crippen molar-refractivity contribution in [3.8, 4) is 0 Å². The molecule has 0 rings (SSSR count). The second kappa shape index (κ2) is 6.72. The molecule has 6 heteroatoms. The molecule has 37 valence electrons. The normalized spacial score (nSPS) is 7.17. The molecule has 0 spiro atoms. The second-order valence-corrected chi connectivity index (χ2v) is 6.55. The summed E-state index contributed by atoms with van der Waals surface area (Å²) in [6, 6.07) is 0. The second-order valence-electron chi connectivity index (χ2n) is 0.470. The first-order valence-electron chi connectivity index (χ1n) is 0.959. The predicted molar refractivity (Wildman–Crippen MR) is 35.2 cm³/mol. The Labute approximate surface area is 61.5 Å². The van der Waals surface area contributed by atoms with Crippen molar-refractivity contribution in [2.24, 2.45) is 4.41 Å². The first-order chi connectivity index (χ1) is 2.27. The Kier molecular flexibility index (Phi) is 11.9. The third kappa shape index (κ3) is 9.21. The molecule has 0 aliphatic rings. The topological polar surface area (TPSA) is 12.4 Å². The van der Waals surface area contributed by atoms with Crippen LogP contribution >= 0.6 is 29.9 Å². The van der Waals surface area contributed by atoms with Crippen molar-refractivity contribution < 1.29 is 19.5 Å². The number of hydrogen-bond acceptors (Lipinski definition) is 2. The van der Waals surface area contributed by atoms with Crippen molar-refractivity contribution >= 4 is 37.7 Å². The van der Waals surface area contributed by atoms with Crippen molar-refractivity contribution in [2.45, 2.75) is 0 Å². The molecule has 1 unspecified atom stereocenters. The van der Waals surface area contributed by atoms with Crippen LogP contribution in [0.1, 0.15) is 0 Å². The van der Waals surface area contributed by atoms with E-state index in [1.807, 2.05) is 0 Å². The Bertz CT molecular complexity index is 40.5. The molecule has 1 radical (unpaired) electrons. The fourth-order valence-corrected chi connectivity index (χ4v) is 0. The molecule has 0 bridgehead atoms. The van der Waals surface area contributed by atoms with Crippen molar-refractivity contribution in [2.75, 3.05) is 0 Å². The van der Waals surface area contributed by atoms with Crippen LogP contribution in [0, 0.1) is 0 Å². The molecule has 0 aliphatic carbocycles. The maximum absolute atomic E-state index is 3.95. The van der Waals surface area contributed by atoms with Gasteiger partial charge in [-0.05, 0) is 9.03 Å². The Morgan fingerprint density at radius 3 is 2.00 bits per heavy atom. The van der Waals surface area contributed by atoms with Crippen LogP contribution in [0.25, 0.3) is 0 Å². The van der Waals surface area contributed by atoms with Gasteiger partial charge in [0.15, 0.2) is 0 Å². The van der Waals surface area contributed by atoms with E-state index < -0.39 is 7.78 Å². The Morgan fingerprint density at radius 1 is 1.83 bits per heavy atom. The van der Waals surface area contributed by atoms with Gasteiger partial charge in [0.25, 0.3) is 7.78 Å². The van der Waals surface area contributed by atoms with Gasteiger partial charge in [0, 0.05) is 19.5 Å². The summed E-state index contributed by atoms with van der Waals surface area (Å²) in [5.74, 6) is 0. The van der Waals surface area contributed by atoms with Crippen molar-refractivity contribution in [1.82, 2.24) is 0 Å². The largest absolute Gasteiger partial charge is 0.290 e. The molecule has 0 aromatic carbocycles. The molecule has 0 aliphatic heterocycles. The Morgan fingerprint density at radius 2 is 2.00 bits per heavy atom. The van der Waals surface area contributed by atoms with E-state index in [9.17, 15) is 0 Å². The average molecular weight is 241 g/mol. The number of rotatable bonds is 1. The smallest absolute Gasteiger partial charge is 0.289 e. The summed E-state index contributed by atoms with van der Waals surface area (Å²) in [6.07, 6.45) is 0. The van der Waals surface area contributed by atoms with E-state index in [4.69, 9.17) is 0 Å². The van der Waals surface area contributed by atoms with Gasteiger partial charge in [-0.15, -0.1) is 8.79 Å². The Balaban J connectivity index is 0. The van der Waals surface area contributed by atoms with Crippen molar-refractivity contribution in [1.29, 1.82) is 0 Å². The average Bonchev–Trinajstić information content (AvgIpc) is 1.38. The maximum Gasteiger partial charge on any atom is 0.289 e. The molecule has 0 aromatic heterocycles. The zero-order valence-corrected chi connectivity index (χ0v) is 8.61. The summed E-state index contributed by atoms with van der Waals surface area (Å²) >= 11 is 3.95. The fourth-order valence-electron chi connectivity index (χ4n) is 0. The van der Waals surface area contributed by atoms with E-state index in [-0.39, 0.29) is 19.5 Å². The molecule has 0 saturated heterocycles. The van der Waals surface area contributed by atoms with E-state index in [0.29, 0.717) is 0 Å².